The first-order chi connectivity index (χ1) is 8.06. The summed E-state index contributed by atoms with van der Waals surface area (Å²) >= 11 is 0. The summed E-state index contributed by atoms with van der Waals surface area (Å²) in [4.78, 5) is 13.6. The molecule has 5 nitrogen and oxygen atoms in total. The number of carbonyl (C=O) groups is 1. The molecular weight excluding hydrogens is 216 g/mol. The van der Waals surface area contributed by atoms with Gasteiger partial charge in [0.2, 0.25) is 5.91 Å². The van der Waals surface area contributed by atoms with Gasteiger partial charge >= 0.3 is 0 Å². The molecule has 2 rings (SSSR count). The molecule has 1 heterocycles. The van der Waals surface area contributed by atoms with E-state index in [1.807, 2.05) is 36.8 Å². The number of nitrogens with one attached hydrogen (secondary N) is 1. The number of hydrogen-bond donors (Lipinski definition) is 1. The molecule has 5 heteroatoms. The van der Waals surface area contributed by atoms with Gasteiger partial charge in [-0.3, -0.25) is 14.4 Å². The SMILES string of the molecule is Cc1c(CN(C)CC(=O)NC2CC2)cnn1C. The third-order valence-electron chi connectivity index (χ3n) is 3.13. The van der Waals surface area contributed by atoms with Gasteiger partial charge in [-0.1, -0.05) is 0 Å². The molecule has 0 spiro atoms. The monoisotopic (exact) mass is 236 g/mol. The van der Waals surface area contributed by atoms with E-state index in [0.717, 1.165) is 25.1 Å². The second kappa shape index (κ2) is 4.87. The third-order valence-corrected chi connectivity index (χ3v) is 3.13. The van der Waals surface area contributed by atoms with E-state index in [2.05, 4.69) is 10.4 Å². The number of nitrogens with zero attached hydrogens (tertiary/aromatic N) is 3. The number of aromatic nitrogens is 2. The molecule has 0 saturated heterocycles. The predicted octanol–water partition coefficient (Wildman–Crippen LogP) is 0.439. The zero-order valence-corrected chi connectivity index (χ0v) is 10.7. The highest BCUT2D eigenvalue weighted by atomic mass is 16.2. The Labute approximate surface area is 102 Å². The van der Waals surface area contributed by atoms with Crippen LogP contribution < -0.4 is 5.32 Å². The minimum absolute atomic E-state index is 0.122. The van der Waals surface area contributed by atoms with Crippen molar-refractivity contribution >= 4 is 5.91 Å². The number of hydrogen-bond acceptors (Lipinski definition) is 3. The smallest absolute Gasteiger partial charge is 0.234 e. The maximum absolute atomic E-state index is 11.6. The van der Waals surface area contributed by atoms with Gasteiger partial charge in [-0.25, -0.2) is 0 Å². The van der Waals surface area contributed by atoms with Crippen LogP contribution in [0.25, 0.3) is 0 Å². The van der Waals surface area contributed by atoms with Crippen molar-refractivity contribution in [3.8, 4) is 0 Å². The van der Waals surface area contributed by atoms with Crippen LogP contribution in [0.5, 0.6) is 0 Å². The molecule has 17 heavy (non-hydrogen) atoms. The highest BCUT2D eigenvalue weighted by Gasteiger charge is 2.23. The van der Waals surface area contributed by atoms with Crippen molar-refractivity contribution in [2.75, 3.05) is 13.6 Å². The van der Waals surface area contributed by atoms with Crippen LogP contribution in [-0.2, 0) is 18.4 Å². The van der Waals surface area contributed by atoms with Crippen molar-refractivity contribution < 1.29 is 4.79 Å². The van der Waals surface area contributed by atoms with Crippen molar-refractivity contribution in [2.24, 2.45) is 7.05 Å². The highest BCUT2D eigenvalue weighted by Crippen LogP contribution is 2.18. The molecule has 0 bridgehead atoms. The molecule has 1 saturated carbocycles. The van der Waals surface area contributed by atoms with Gasteiger partial charge in [0.25, 0.3) is 0 Å². The Balaban J connectivity index is 1.81. The second-order valence-electron chi connectivity index (χ2n) is 4.89. The van der Waals surface area contributed by atoms with Crippen LogP contribution >= 0.6 is 0 Å². The van der Waals surface area contributed by atoms with Crippen molar-refractivity contribution in [1.29, 1.82) is 0 Å². The second-order valence-corrected chi connectivity index (χ2v) is 4.89. The van der Waals surface area contributed by atoms with E-state index < -0.39 is 0 Å². The predicted molar refractivity (Wildman–Crippen MR) is 65.4 cm³/mol. The molecule has 1 aliphatic rings. The molecule has 1 fully saturated rings. The van der Waals surface area contributed by atoms with Crippen molar-refractivity contribution in [3.05, 3.63) is 17.5 Å². The van der Waals surface area contributed by atoms with Gasteiger partial charge in [-0.05, 0) is 26.8 Å². The summed E-state index contributed by atoms with van der Waals surface area (Å²) in [5.41, 5.74) is 2.33. The highest BCUT2D eigenvalue weighted by molar-refractivity contribution is 5.78. The minimum Gasteiger partial charge on any atom is -0.352 e. The fraction of sp³-hybridized carbons (Fsp3) is 0.667. The Morgan fingerprint density at radius 3 is 2.88 bits per heavy atom. The lowest BCUT2D eigenvalue weighted by Gasteiger charge is -2.15. The lowest BCUT2D eigenvalue weighted by molar-refractivity contribution is -0.122. The molecule has 1 aromatic heterocycles. The molecular formula is C12H20N4O. The summed E-state index contributed by atoms with van der Waals surface area (Å²) in [6.07, 6.45) is 4.14. The van der Waals surface area contributed by atoms with E-state index >= 15 is 0 Å². The van der Waals surface area contributed by atoms with Crippen LogP contribution in [0.3, 0.4) is 0 Å². The number of rotatable bonds is 5. The Morgan fingerprint density at radius 1 is 1.65 bits per heavy atom. The quantitative estimate of drug-likeness (QED) is 0.807. The number of carbonyl (C=O) groups excluding carboxylic acids is 1. The van der Waals surface area contributed by atoms with Crippen LogP contribution in [0.15, 0.2) is 6.20 Å². The first kappa shape index (κ1) is 12.1. The average Bonchev–Trinajstić information content (AvgIpc) is 3.00. The lowest BCUT2D eigenvalue weighted by atomic mass is 10.2. The Bertz CT molecular complexity index is 409. The number of aryl methyl sites for hydroxylation is 1. The average molecular weight is 236 g/mol. The summed E-state index contributed by atoms with van der Waals surface area (Å²) < 4.78 is 1.85. The van der Waals surface area contributed by atoms with Gasteiger partial charge in [-0.2, -0.15) is 5.10 Å². The van der Waals surface area contributed by atoms with E-state index in [-0.39, 0.29) is 5.91 Å². The van der Waals surface area contributed by atoms with Gasteiger partial charge in [0.05, 0.1) is 12.7 Å². The Hall–Kier alpha value is -1.36. The Kier molecular flexibility index (Phi) is 3.47. The minimum atomic E-state index is 0.122. The van der Waals surface area contributed by atoms with Crippen LogP contribution in [0.4, 0.5) is 0 Å². The van der Waals surface area contributed by atoms with E-state index in [0.29, 0.717) is 12.6 Å². The summed E-state index contributed by atoms with van der Waals surface area (Å²) in [6, 6.07) is 0.441. The van der Waals surface area contributed by atoms with E-state index in [9.17, 15) is 4.79 Å². The molecule has 1 aromatic rings. The standard InChI is InChI=1S/C12H20N4O/c1-9-10(6-13-16(9)3)7-15(2)8-12(17)14-11-4-5-11/h6,11H,4-5,7-8H2,1-3H3,(H,14,17). The maximum atomic E-state index is 11.6. The number of likely N-dealkylation sites (N-methyl/N-ethyl adjacent to an activating group) is 1. The largest absolute Gasteiger partial charge is 0.352 e. The van der Waals surface area contributed by atoms with Gasteiger partial charge < -0.3 is 5.32 Å². The molecule has 0 unspecified atom stereocenters. The first-order valence-corrected chi connectivity index (χ1v) is 6.01. The zero-order valence-electron chi connectivity index (χ0n) is 10.7. The van der Waals surface area contributed by atoms with Crippen LogP contribution in [0.1, 0.15) is 24.1 Å². The summed E-state index contributed by atoms with van der Waals surface area (Å²) in [5, 5.41) is 7.19. The van der Waals surface area contributed by atoms with Crippen molar-refractivity contribution in [1.82, 2.24) is 20.0 Å². The molecule has 0 aliphatic heterocycles. The molecule has 0 aromatic carbocycles. The molecule has 94 valence electrons. The molecule has 0 radical (unpaired) electrons. The lowest BCUT2D eigenvalue weighted by Crippen LogP contribution is -2.36. The van der Waals surface area contributed by atoms with Gasteiger partial charge in [-0.15, -0.1) is 0 Å². The fourth-order valence-electron chi connectivity index (χ4n) is 1.79. The van der Waals surface area contributed by atoms with Crippen LogP contribution in [0, 0.1) is 6.92 Å². The third kappa shape index (κ3) is 3.30. The molecule has 0 atom stereocenters. The van der Waals surface area contributed by atoms with E-state index in [1.54, 1.807) is 0 Å². The fourth-order valence-corrected chi connectivity index (χ4v) is 1.79. The molecule has 1 N–H and O–H groups in total. The first-order valence-electron chi connectivity index (χ1n) is 6.01. The summed E-state index contributed by atoms with van der Waals surface area (Å²) in [7, 11) is 3.89. The van der Waals surface area contributed by atoms with E-state index in [4.69, 9.17) is 0 Å². The van der Waals surface area contributed by atoms with Crippen LogP contribution in [0.2, 0.25) is 0 Å². The van der Waals surface area contributed by atoms with E-state index in [1.165, 1.54) is 5.56 Å². The molecule has 1 amide bonds. The van der Waals surface area contributed by atoms with Crippen LogP contribution in [-0.4, -0.2) is 40.2 Å². The maximum Gasteiger partial charge on any atom is 0.234 e. The van der Waals surface area contributed by atoms with Gasteiger partial charge in [0.15, 0.2) is 0 Å². The normalized spacial score (nSPS) is 15.3. The molecule has 1 aliphatic carbocycles. The van der Waals surface area contributed by atoms with Crippen molar-refractivity contribution in [3.63, 3.8) is 0 Å². The number of amides is 1. The van der Waals surface area contributed by atoms with Crippen molar-refractivity contribution in [2.45, 2.75) is 32.4 Å². The zero-order chi connectivity index (χ0) is 12.4. The summed E-state index contributed by atoms with van der Waals surface area (Å²) in [5.74, 6) is 0.122. The topological polar surface area (TPSA) is 50.2 Å². The summed E-state index contributed by atoms with van der Waals surface area (Å²) in [6.45, 7) is 3.25. The van der Waals surface area contributed by atoms with Gasteiger partial charge in [0.1, 0.15) is 0 Å². The van der Waals surface area contributed by atoms with Gasteiger partial charge in [0, 0.05) is 30.9 Å². The Morgan fingerprint density at radius 2 is 2.35 bits per heavy atom.